The molecule has 3 aromatic heterocycles. The number of benzene rings is 1. The average Bonchev–Trinajstić information content (AvgIpc) is 3.25. The summed E-state index contributed by atoms with van der Waals surface area (Å²) in [5, 5.41) is 12.8. The Balaban J connectivity index is 1.72. The monoisotopic (exact) mass is 532 g/mol. The van der Waals surface area contributed by atoms with Crippen LogP contribution in [0.3, 0.4) is 0 Å². The number of anilines is 1. The highest BCUT2D eigenvalue weighted by Crippen LogP contribution is 2.38. The summed E-state index contributed by atoms with van der Waals surface area (Å²) in [7, 11) is -0.886. The van der Waals surface area contributed by atoms with Crippen LogP contribution in [0, 0.1) is 11.3 Å². The van der Waals surface area contributed by atoms with Crippen molar-refractivity contribution in [2.24, 2.45) is 0 Å². The topological polar surface area (TPSA) is 154 Å². The molecule has 3 heterocycles. The van der Waals surface area contributed by atoms with Crippen LogP contribution in [-0.4, -0.2) is 55.8 Å². The first-order valence-electron chi connectivity index (χ1n) is 11.4. The Morgan fingerprint density at radius 3 is 2.74 bits per heavy atom. The maximum absolute atomic E-state index is 12.3. The molecule has 0 saturated heterocycles. The van der Waals surface area contributed by atoms with Gasteiger partial charge < -0.3 is 24.6 Å². The van der Waals surface area contributed by atoms with E-state index in [0.29, 0.717) is 34.4 Å². The van der Waals surface area contributed by atoms with Gasteiger partial charge in [0.05, 0.1) is 0 Å². The van der Waals surface area contributed by atoms with E-state index in [2.05, 4.69) is 15.3 Å². The van der Waals surface area contributed by atoms with E-state index in [0.717, 1.165) is 11.1 Å². The smallest absolute Gasteiger partial charge is 0.323 e. The molecule has 1 amide bonds. The molecule has 0 spiro atoms. The Kier molecular flexibility index (Phi) is 8.12. The highest BCUT2D eigenvalue weighted by Gasteiger charge is 2.18. The molecule has 0 bridgehead atoms. The summed E-state index contributed by atoms with van der Waals surface area (Å²) in [4.78, 5) is 41.1. The molecule has 0 aliphatic carbocycles. The number of likely N-dealkylation sites (N-methyl/N-ethyl adjacent to an activating group) is 1. The van der Waals surface area contributed by atoms with Crippen molar-refractivity contribution >= 4 is 30.5 Å². The third-order valence-corrected chi connectivity index (χ3v) is 5.92. The van der Waals surface area contributed by atoms with Gasteiger partial charge in [-0.05, 0) is 55.6 Å². The number of phosphoric acid groups is 1. The lowest BCUT2D eigenvalue weighted by atomic mass is 10.0. The standard InChI is InChI=1S/C26H25N6O5P/c1-31(2)10-4-7-25(33)30-21-6-3-5-18(11-21)20-13-23-24(19-8-9-28-22(12-19)14-27)16-32(26(23)29-15-20)17-37-38(34,35)36/h3-9,11-13,15-16H,10,17H2,1-2H3,(H,30,33)(H2,34,35,36)/b7-4+. The minimum absolute atomic E-state index is 0.224. The van der Waals surface area contributed by atoms with Crippen LogP contribution in [0.15, 0.2) is 73.2 Å². The van der Waals surface area contributed by atoms with Crippen molar-refractivity contribution in [1.82, 2.24) is 19.4 Å². The molecule has 4 rings (SSSR count). The van der Waals surface area contributed by atoms with Gasteiger partial charge in [0.1, 0.15) is 24.1 Å². The molecule has 12 heteroatoms. The maximum atomic E-state index is 12.3. The quantitative estimate of drug-likeness (QED) is 0.216. The number of amides is 1. The zero-order valence-electron chi connectivity index (χ0n) is 20.6. The van der Waals surface area contributed by atoms with Crippen LogP contribution in [0.2, 0.25) is 0 Å². The van der Waals surface area contributed by atoms with Gasteiger partial charge in [-0.25, -0.2) is 14.5 Å². The van der Waals surface area contributed by atoms with E-state index >= 15 is 0 Å². The summed E-state index contributed by atoms with van der Waals surface area (Å²) >= 11 is 0. The fraction of sp³-hybridized carbons (Fsp3) is 0.154. The fourth-order valence-electron chi connectivity index (χ4n) is 3.79. The molecule has 0 saturated carbocycles. The Bertz CT molecular complexity index is 1600. The van der Waals surface area contributed by atoms with E-state index in [1.807, 2.05) is 49.3 Å². The minimum atomic E-state index is -4.71. The van der Waals surface area contributed by atoms with Gasteiger partial charge in [-0.3, -0.25) is 9.32 Å². The van der Waals surface area contributed by atoms with Gasteiger partial charge in [0.25, 0.3) is 0 Å². The molecule has 0 unspecified atom stereocenters. The summed E-state index contributed by atoms with van der Waals surface area (Å²) in [5.74, 6) is -0.243. The fourth-order valence-corrected chi connectivity index (χ4v) is 4.06. The Morgan fingerprint density at radius 1 is 1.18 bits per heavy atom. The van der Waals surface area contributed by atoms with Gasteiger partial charge >= 0.3 is 7.82 Å². The molecular formula is C26H25N6O5P. The Hall–Kier alpha value is -4.17. The largest absolute Gasteiger partial charge is 0.471 e. The van der Waals surface area contributed by atoms with Crippen LogP contribution in [0.1, 0.15) is 5.69 Å². The zero-order valence-corrected chi connectivity index (χ0v) is 21.5. The van der Waals surface area contributed by atoms with E-state index in [4.69, 9.17) is 4.52 Å². The van der Waals surface area contributed by atoms with Gasteiger partial charge in [-0.1, -0.05) is 18.2 Å². The summed E-state index contributed by atoms with van der Waals surface area (Å²) < 4.78 is 17.5. The van der Waals surface area contributed by atoms with Crippen molar-refractivity contribution in [3.63, 3.8) is 0 Å². The number of carbonyl (C=O) groups is 1. The summed E-state index contributed by atoms with van der Waals surface area (Å²) in [6, 6.07) is 14.6. The normalized spacial score (nSPS) is 11.8. The Labute approximate surface area is 218 Å². The van der Waals surface area contributed by atoms with Crippen molar-refractivity contribution < 1.29 is 23.7 Å². The second kappa shape index (κ2) is 11.5. The van der Waals surface area contributed by atoms with Gasteiger partial charge in [0.2, 0.25) is 5.91 Å². The van der Waals surface area contributed by atoms with Gasteiger partial charge in [0, 0.05) is 53.4 Å². The number of aromatic nitrogens is 3. The zero-order chi connectivity index (χ0) is 27.3. The van der Waals surface area contributed by atoms with E-state index in [-0.39, 0.29) is 11.6 Å². The van der Waals surface area contributed by atoms with Crippen LogP contribution in [-0.2, 0) is 20.6 Å². The lowest BCUT2D eigenvalue weighted by molar-refractivity contribution is -0.111. The lowest BCUT2D eigenvalue weighted by Crippen LogP contribution is -2.12. The predicted molar refractivity (Wildman–Crippen MR) is 143 cm³/mol. The van der Waals surface area contributed by atoms with Gasteiger partial charge in [-0.15, -0.1) is 0 Å². The average molecular weight is 532 g/mol. The van der Waals surface area contributed by atoms with Crippen molar-refractivity contribution in [2.45, 2.75) is 6.73 Å². The van der Waals surface area contributed by atoms with E-state index < -0.39 is 14.6 Å². The highest BCUT2D eigenvalue weighted by atomic mass is 31.2. The van der Waals surface area contributed by atoms with Gasteiger partial charge in [-0.2, -0.15) is 5.26 Å². The molecule has 0 fully saturated rings. The first-order chi connectivity index (χ1) is 18.1. The summed E-state index contributed by atoms with van der Waals surface area (Å²) in [5.41, 5.74) is 4.18. The molecule has 1 aromatic carbocycles. The maximum Gasteiger partial charge on any atom is 0.471 e. The lowest BCUT2D eigenvalue weighted by Gasteiger charge is -2.09. The third kappa shape index (κ3) is 6.77. The minimum Gasteiger partial charge on any atom is -0.323 e. The van der Waals surface area contributed by atoms with Crippen LogP contribution in [0.4, 0.5) is 5.69 Å². The Morgan fingerprint density at radius 2 is 2.00 bits per heavy atom. The number of nitrogens with one attached hydrogen (secondary N) is 1. The van der Waals surface area contributed by atoms with Crippen molar-refractivity contribution in [3.8, 4) is 28.3 Å². The van der Waals surface area contributed by atoms with Crippen LogP contribution in [0.25, 0.3) is 33.3 Å². The number of nitrogens with zero attached hydrogens (tertiary/aromatic N) is 5. The number of hydrogen-bond donors (Lipinski definition) is 3. The van der Waals surface area contributed by atoms with E-state index in [9.17, 15) is 24.4 Å². The van der Waals surface area contributed by atoms with E-state index in [1.165, 1.54) is 16.8 Å². The molecule has 0 atom stereocenters. The molecule has 194 valence electrons. The number of fused-ring (bicyclic) bond motifs is 1. The SMILES string of the molecule is CN(C)C/C=C/C(=O)Nc1cccc(-c2cnc3c(c2)c(-c2ccnc(C#N)c2)cn3COP(=O)(O)O)c1. The molecule has 0 aliphatic heterocycles. The number of nitriles is 1. The number of phosphoric ester groups is 1. The van der Waals surface area contributed by atoms with Crippen LogP contribution >= 0.6 is 7.82 Å². The van der Waals surface area contributed by atoms with E-state index in [1.54, 1.807) is 36.7 Å². The third-order valence-electron chi connectivity index (χ3n) is 5.47. The molecule has 11 nitrogen and oxygen atoms in total. The molecule has 38 heavy (non-hydrogen) atoms. The van der Waals surface area contributed by atoms with Crippen molar-refractivity contribution in [2.75, 3.05) is 26.0 Å². The van der Waals surface area contributed by atoms with Crippen molar-refractivity contribution in [1.29, 1.82) is 5.26 Å². The second-order valence-electron chi connectivity index (χ2n) is 8.63. The number of carbonyl (C=O) groups excluding carboxylic acids is 1. The number of rotatable bonds is 9. The first kappa shape index (κ1) is 26.9. The first-order valence-corrected chi connectivity index (χ1v) is 12.9. The van der Waals surface area contributed by atoms with Gasteiger partial charge in [0.15, 0.2) is 0 Å². The van der Waals surface area contributed by atoms with Crippen LogP contribution < -0.4 is 5.32 Å². The number of pyridine rings is 2. The second-order valence-corrected chi connectivity index (χ2v) is 9.87. The van der Waals surface area contributed by atoms with Crippen LogP contribution in [0.5, 0.6) is 0 Å². The predicted octanol–water partition coefficient (Wildman–Crippen LogP) is 3.76. The summed E-state index contributed by atoms with van der Waals surface area (Å²) in [6.07, 6.45) is 8.06. The molecule has 0 aliphatic rings. The number of hydrogen-bond acceptors (Lipinski definition) is 7. The van der Waals surface area contributed by atoms with Crippen molar-refractivity contribution in [3.05, 3.63) is 78.9 Å². The molecule has 3 N–H and O–H groups in total. The highest BCUT2D eigenvalue weighted by molar-refractivity contribution is 7.46. The molecular weight excluding hydrogens is 507 g/mol. The summed E-state index contributed by atoms with van der Waals surface area (Å²) in [6.45, 7) is 0.222. The molecule has 4 aromatic rings. The molecule has 0 radical (unpaired) electrons.